The largest absolute Gasteiger partial charge is 0.480 e. The van der Waals surface area contributed by atoms with Gasteiger partial charge < -0.3 is 10.8 Å². The number of nitrogens with two attached hydrogens (primary N) is 1. The third-order valence-electron chi connectivity index (χ3n) is 3.36. The molecule has 2 aromatic rings. The van der Waals surface area contributed by atoms with Gasteiger partial charge in [-0.25, -0.2) is 0 Å². The fraction of sp³-hybridized carbons (Fsp3) is 0.176. The molecule has 0 amide bonds. The molecule has 21 heavy (non-hydrogen) atoms. The van der Waals surface area contributed by atoms with Crippen LogP contribution < -0.4 is 5.73 Å². The van der Waals surface area contributed by atoms with Crippen LogP contribution in [0.4, 0.5) is 0 Å². The average Bonchev–Trinajstić information content (AvgIpc) is 2.48. The minimum absolute atomic E-state index is 0.274. The summed E-state index contributed by atoms with van der Waals surface area (Å²) >= 11 is 0. The molecule has 0 saturated heterocycles. The minimum Gasteiger partial charge on any atom is -0.480 e. The van der Waals surface area contributed by atoms with E-state index in [-0.39, 0.29) is 6.42 Å². The van der Waals surface area contributed by atoms with Gasteiger partial charge in [0, 0.05) is 6.42 Å². The van der Waals surface area contributed by atoms with E-state index in [9.17, 15) is 4.79 Å². The van der Waals surface area contributed by atoms with Crippen LogP contribution in [0.1, 0.15) is 18.1 Å². The van der Waals surface area contributed by atoms with Crippen molar-refractivity contribution in [2.75, 3.05) is 0 Å². The zero-order valence-corrected chi connectivity index (χ0v) is 11.7. The summed E-state index contributed by atoms with van der Waals surface area (Å²) in [4.78, 5) is 11.0. The van der Waals surface area contributed by atoms with Gasteiger partial charge in [0.15, 0.2) is 0 Å². The number of rotatable bonds is 4. The topological polar surface area (TPSA) is 87.1 Å². The molecule has 0 aliphatic rings. The van der Waals surface area contributed by atoms with E-state index in [0.29, 0.717) is 5.56 Å². The molecule has 0 bridgehead atoms. The van der Waals surface area contributed by atoms with Crippen LogP contribution in [0.25, 0.3) is 11.1 Å². The van der Waals surface area contributed by atoms with Crippen molar-refractivity contribution in [1.29, 1.82) is 5.26 Å². The Bertz CT molecular complexity index is 680. The molecule has 4 nitrogen and oxygen atoms in total. The lowest BCUT2D eigenvalue weighted by atomic mass is 9.93. The average molecular weight is 280 g/mol. The number of carboxylic acid groups (broad SMARTS) is 1. The van der Waals surface area contributed by atoms with E-state index in [1.54, 1.807) is 12.1 Å². The highest BCUT2D eigenvalue weighted by molar-refractivity contribution is 5.78. The van der Waals surface area contributed by atoms with Crippen molar-refractivity contribution in [3.05, 3.63) is 59.7 Å². The molecule has 1 atom stereocenters. The number of hydrogen-bond donors (Lipinski definition) is 2. The van der Waals surface area contributed by atoms with Crippen molar-refractivity contribution in [3.63, 3.8) is 0 Å². The maximum absolute atomic E-state index is 11.0. The van der Waals surface area contributed by atoms with Crippen LogP contribution in [0.3, 0.4) is 0 Å². The molecule has 0 spiro atoms. The second-order valence-electron chi connectivity index (χ2n) is 5.29. The fourth-order valence-corrected chi connectivity index (χ4v) is 2.05. The van der Waals surface area contributed by atoms with Crippen molar-refractivity contribution >= 4 is 5.97 Å². The molecule has 0 aliphatic heterocycles. The first kappa shape index (κ1) is 14.8. The Morgan fingerprint density at radius 3 is 2.05 bits per heavy atom. The smallest absolute Gasteiger partial charge is 0.323 e. The molecule has 0 aliphatic carbocycles. The van der Waals surface area contributed by atoms with Gasteiger partial charge in [0.25, 0.3) is 0 Å². The lowest BCUT2D eigenvalue weighted by Gasteiger charge is -2.19. The van der Waals surface area contributed by atoms with E-state index < -0.39 is 11.5 Å². The van der Waals surface area contributed by atoms with Crippen LogP contribution in [-0.4, -0.2) is 16.6 Å². The summed E-state index contributed by atoms with van der Waals surface area (Å²) in [6, 6.07) is 17.0. The van der Waals surface area contributed by atoms with Crippen molar-refractivity contribution in [1.82, 2.24) is 0 Å². The maximum Gasteiger partial charge on any atom is 0.323 e. The molecule has 106 valence electrons. The third-order valence-corrected chi connectivity index (χ3v) is 3.36. The van der Waals surface area contributed by atoms with E-state index in [2.05, 4.69) is 6.07 Å². The Labute approximate surface area is 123 Å². The monoisotopic (exact) mass is 280 g/mol. The van der Waals surface area contributed by atoms with Crippen LogP contribution in [0.5, 0.6) is 0 Å². The lowest BCUT2D eigenvalue weighted by molar-refractivity contribution is -0.142. The van der Waals surface area contributed by atoms with E-state index in [1.807, 2.05) is 36.4 Å². The van der Waals surface area contributed by atoms with Gasteiger partial charge in [-0.05, 0) is 35.7 Å². The van der Waals surface area contributed by atoms with E-state index in [0.717, 1.165) is 16.7 Å². The van der Waals surface area contributed by atoms with Gasteiger partial charge in [0.1, 0.15) is 5.54 Å². The van der Waals surface area contributed by atoms with Gasteiger partial charge in [-0.1, -0.05) is 36.4 Å². The Hall–Kier alpha value is -2.64. The normalized spacial score (nSPS) is 13.2. The highest BCUT2D eigenvalue weighted by Gasteiger charge is 2.27. The number of carbonyl (C=O) groups is 1. The highest BCUT2D eigenvalue weighted by atomic mass is 16.4. The summed E-state index contributed by atoms with van der Waals surface area (Å²) in [5.74, 6) is -1.02. The minimum atomic E-state index is -1.27. The summed E-state index contributed by atoms with van der Waals surface area (Å²) in [5.41, 5.74) is 7.99. The van der Waals surface area contributed by atoms with Gasteiger partial charge in [-0.15, -0.1) is 0 Å². The van der Waals surface area contributed by atoms with Crippen molar-refractivity contribution < 1.29 is 9.90 Å². The summed E-state index contributed by atoms with van der Waals surface area (Å²) in [5, 5.41) is 17.8. The molecule has 0 aromatic heterocycles. The number of benzene rings is 2. The highest BCUT2D eigenvalue weighted by Crippen LogP contribution is 2.21. The fourth-order valence-electron chi connectivity index (χ4n) is 2.05. The summed E-state index contributed by atoms with van der Waals surface area (Å²) in [6.45, 7) is 1.50. The van der Waals surface area contributed by atoms with Crippen LogP contribution in [0.2, 0.25) is 0 Å². The van der Waals surface area contributed by atoms with E-state index in [1.165, 1.54) is 6.92 Å². The first-order valence-electron chi connectivity index (χ1n) is 6.54. The second kappa shape index (κ2) is 5.78. The Morgan fingerprint density at radius 2 is 1.62 bits per heavy atom. The molecule has 0 unspecified atom stereocenters. The zero-order valence-electron chi connectivity index (χ0n) is 11.7. The molecular formula is C17H16N2O2. The number of carboxylic acids is 1. The standard InChI is InChI=1S/C17H16N2O2/c1-17(19,16(20)21)10-12-2-6-14(7-3-12)15-8-4-13(11-18)5-9-15/h2-9H,10,19H2,1H3,(H,20,21)/t17-/m0/s1. The van der Waals surface area contributed by atoms with Gasteiger partial charge in [0.05, 0.1) is 11.6 Å². The molecule has 0 saturated carbocycles. The van der Waals surface area contributed by atoms with Gasteiger partial charge in [-0.3, -0.25) is 4.79 Å². The summed E-state index contributed by atoms with van der Waals surface area (Å²) in [7, 11) is 0. The first-order chi connectivity index (χ1) is 9.92. The van der Waals surface area contributed by atoms with Crippen molar-refractivity contribution in [2.45, 2.75) is 18.9 Å². The predicted octanol–water partition coefficient (Wildman–Crippen LogP) is 2.57. The molecule has 0 heterocycles. The zero-order chi connectivity index (χ0) is 15.5. The van der Waals surface area contributed by atoms with Crippen molar-refractivity contribution in [3.8, 4) is 17.2 Å². The SMILES string of the molecule is C[C@](N)(Cc1ccc(-c2ccc(C#N)cc2)cc1)C(=O)O. The molecule has 4 heteroatoms. The third kappa shape index (κ3) is 3.47. The molecular weight excluding hydrogens is 264 g/mol. The maximum atomic E-state index is 11.0. The predicted molar refractivity (Wildman–Crippen MR) is 80.5 cm³/mol. The molecule has 3 N–H and O–H groups in total. The molecule has 0 fully saturated rings. The number of nitriles is 1. The van der Waals surface area contributed by atoms with Crippen LogP contribution in [0.15, 0.2) is 48.5 Å². The van der Waals surface area contributed by atoms with Gasteiger partial charge in [-0.2, -0.15) is 5.26 Å². The van der Waals surface area contributed by atoms with Crippen molar-refractivity contribution in [2.24, 2.45) is 5.73 Å². The van der Waals surface area contributed by atoms with Gasteiger partial charge >= 0.3 is 5.97 Å². The van der Waals surface area contributed by atoms with E-state index in [4.69, 9.17) is 16.1 Å². The quantitative estimate of drug-likeness (QED) is 0.901. The Morgan fingerprint density at radius 1 is 1.14 bits per heavy atom. The number of hydrogen-bond acceptors (Lipinski definition) is 3. The molecule has 2 aromatic carbocycles. The van der Waals surface area contributed by atoms with Gasteiger partial charge in [0.2, 0.25) is 0 Å². The van der Waals surface area contributed by atoms with Crippen LogP contribution >= 0.6 is 0 Å². The molecule has 0 radical (unpaired) electrons. The Kier molecular flexibility index (Phi) is 4.06. The number of aliphatic carboxylic acids is 1. The van der Waals surface area contributed by atoms with Crippen LogP contribution in [0, 0.1) is 11.3 Å². The van der Waals surface area contributed by atoms with Crippen LogP contribution in [-0.2, 0) is 11.2 Å². The second-order valence-corrected chi connectivity index (χ2v) is 5.29. The lowest BCUT2D eigenvalue weighted by Crippen LogP contribution is -2.46. The number of nitrogens with zero attached hydrogens (tertiary/aromatic N) is 1. The van der Waals surface area contributed by atoms with E-state index >= 15 is 0 Å². The first-order valence-corrected chi connectivity index (χ1v) is 6.54. The molecule has 2 rings (SSSR count). The summed E-state index contributed by atoms with van der Waals surface area (Å²) in [6.07, 6.45) is 0.274. The summed E-state index contributed by atoms with van der Waals surface area (Å²) < 4.78 is 0. The Balaban J connectivity index is 2.19.